The number of hydrogen-bond donors (Lipinski definition) is 1. The summed E-state index contributed by atoms with van der Waals surface area (Å²) in [5.74, 6) is 1.71. The molecule has 33 heavy (non-hydrogen) atoms. The molecule has 0 aliphatic heterocycles. The molecule has 0 atom stereocenters. The fourth-order valence-corrected chi connectivity index (χ4v) is 4.70. The van der Waals surface area contributed by atoms with E-state index in [4.69, 9.17) is 4.74 Å². The maximum absolute atomic E-state index is 5.51. The van der Waals surface area contributed by atoms with E-state index in [-0.39, 0.29) is 0 Å². The number of rotatable bonds is 7. The molecule has 0 saturated heterocycles. The van der Waals surface area contributed by atoms with Gasteiger partial charge in [0, 0.05) is 46.7 Å². The lowest BCUT2D eigenvalue weighted by atomic mass is 10.1. The Hall–Kier alpha value is -3.71. The van der Waals surface area contributed by atoms with E-state index >= 15 is 0 Å². The molecule has 0 aliphatic rings. The Labute approximate surface area is 196 Å². The van der Waals surface area contributed by atoms with E-state index in [1.165, 1.54) is 11.2 Å². The second kappa shape index (κ2) is 9.03. The number of ether oxygens (including phenoxy) is 1. The van der Waals surface area contributed by atoms with Crippen molar-refractivity contribution in [2.24, 2.45) is 0 Å². The summed E-state index contributed by atoms with van der Waals surface area (Å²) in [6, 6.07) is 18.7. The summed E-state index contributed by atoms with van der Waals surface area (Å²) in [5, 5.41) is 7.74. The van der Waals surface area contributed by atoms with Crippen molar-refractivity contribution in [3.8, 4) is 28.3 Å². The Bertz CT molecular complexity index is 1400. The molecule has 0 amide bonds. The number of fused-ring (bicyclic) bond motifs is 1. The molecule has 1 N–H and O–H groups in total. The minimum Gasteiger partial charge on any atom is -0.496 e. The number of thiazole rings is 1. The van der Waals surface area contributed by atoms with Gasteiger partial charge in [0.05, 0.1) is 29.0 Å². The number of benzene rings is 2. The van der Waals surface area contributed by atoms with E-state index in [1.807, 2.05) is 25.1 Å². The Morgan fingerprint density at radius 3 is 2.48 bits per heavy atom. The van der Waals surface area contributed by atoms with Crippen molar-refractivity contribution in [2.75, 3.05) is 19.0 Å². The molecule has 0 saturated carbocycles. The monoisotopic (exact) mass is 455 g/mol. The zero-order valence-corrected chi connectivity index (χ0v) is 19.7. The highest BCUT2D eigenvalue weighted by molar-refractivity contribution is 7.09. The van der Waals surface area contributed by atoms with Crippen molar-refractivity contribution in [1.82, 2.24) is 19.5 Å². The molecular formula is C26H25N5OS. The predicted molar refractivity (Wildman–Crippen MR) is 135 cm³/mol. The molecule has 166 valence electrons. The molecular weight excluding hydrogens is 430 g/mol. The summed E-state index contributed by atoms with van der Waals surface area (Å²) >= 11 is 1.66. The molecule has 0 bridgehead atoms. The van der Waals surface area contributed by atoms with Crippen LogP contribution in [0.5, 0.6) is 5.75 Å². The van der Waals surface area contributed by atoms with Crippen LogP contribution in [0, 0.1) is 13.8 Å². The average molecular weight is 456 g/mol. The summed E-state index contributed by atoms with van der Waals surface area (Å²) in [7, 11) is 1.71. The number of methoxy groups -OCH3 is 1. The van der Waals surface area contributed by atoms with Gasteiger partial charge >= 0.3 is 0 Å². The van der Waals surface area contributed by atoms with Crippen molar-refractivity contribution in [3.63, 3.8) is 0 Å². The van der Waals surface area contributed by atoms with Gasteiger partial charge in [-0.1, -0.05) is 30.3 Å². The summed E-state index contributed by atoms with van der Waals surface area (Å²) < 4.78 is 7.81. The zero-order valence-electron chi connectivity index (χ0n) is 18.9. The van der Waals surface area contributed by atoms with Crippen LogP contribution in [0.15, 0.2) is 66.3 Å². The van der Waals surface area contributed by atoms with Gasteiger partial charge in [-0.05, 0) is 32.0 Å². The summed E-state index contributed by atoms with van der Waals surface area (Å²) in [6.07, 6.45) is 1.61. The van der Waals surface area contributed by atoms with Gasteiger partial charge in [-0.15, -0.1) is 11.3 Å². The number of anilines is 1. The first-order chi connectivity index (χ1) is 16.1. The third-order valence-corrected chi connectivity index (χ3v) is 6.51. The van der Waals surface area contributed by atoms with Crippen LogP contribution in [0.2, 0.25) is 0 Å². The van der Waals surface area contributed by atoms with Crippen molar-refractivity contribution in [1.29, 1.82) is 0 Å². The second-order valence-electron chi connectivity index (χ2n) is 7.87. The van der Waals surface area contributed by atoms with E-state index in [2.05, 4.69) is 73.5 Å². The standard InChI is InChI=1S/C26H25N5OS/c1-17-13-21-24(5-4-6-25(21)32-3)31(17)12-11-27-26-14-22(28-16-29-26)19-7-9-20(10-8-19)23-15-33-18(2)30-23/h4-10,13-16H,11-12H2,1-3H3,(H,27,28,29). The van der Waals surface area contributed by atoms with Crippen molar-refractivity contribution >= 4 is 28.1 Å². The summed E-state index contributed by atoms with van der Waals surface area (Å²) in [4.78, 5) is 13.4. The second-order valence-corrected chi connectivity index (χ2v) is 8.94. The average Bonchev–Trinajstić information content (AvgIpc) is 3.42. The van der Waals surface area contributed by atoms with Crippen LogP contribution in [0.3, 0.4) is 0 Å². The molecule has 0 aliphatic carbocycles. The molecule has 3 heterocycles. The first-order valence-electron chi connectivity index (χ1n) is 10.8. The highest BCUT2D eigenvalue weighted by Crippen LogP contribution is 2.29. The SMILES string of the molecule is COc1cccc2c1cc(C)n2CCNc1cc(-c2ccc(-c3csc(C)n3)cc2)ncn1. The fourth-order valence-electron chi connectivity index (χ4n) is 4.08. The first kappa shape index (κ1) is 21.2. The van der Waals surface area contributed by atoms with E-state index in [1.54, 1.807) is 24.8 Å². The van der Waals surface area contributed by atoms with Crippen molar-refractivity contribution < 1.29 is 4.74 Å². The molecule has 5 rings (SSSR count). The number of hydrogen-bond acceptors (Lipinski definition) is 6. The highest BCUT2D eigenvalue weighted by atomic mass is 32.1. The smallest absolute Gasteiger partial charge is 0.130 e. The first-order valence-corrected chi connectivity index (χ1v) is 11.7. The van der Waals surface area contributed by atoms with Gasteiger partial charge in [0.15, 0.2) is 0 Å². The van der Waals surface area contributed by atoms with Crippen LogP contribution < -0.4 is 10.1 Å². The molecule has 0 spiro atoms. The summed E-state index contributed by atoms with van der Waals surface area (Å²) in [5.41, 5.74) is 6.44. The van der Waals surface area contributed by atoms with Crippen LogP contribution in [0.25, 0.3) is 33.4 Å². The largest absolute Gasteiger partial charge is 0.496 e. The van der Waals surface area contributed by atoms with Crippen LogP contribution in [0.4, 0.5) is 5.82 Å². The van der Waals surface area contributed by atoms with Gasteiger partial charge in [0.25, 0.3) is 0 Å². The lowest BCUT2D eigenvalue weighted by Crippen LogP contribution is -2.12. The fraction of sp³-hybridized carbons (Fsp3) is 0.192. The molecule has 7 heteroatoms. The number of aromatic nitrogens is 4. The molecule has 0 unspecified atom stereocenters. The van der Waals surface area contributed by atoms with Gasteiger partial charge in [0.2, 0.25) is 0 Å². The third kappa shape index (κ3) is 4.32. The van der Waals surface area contributed by atoms with E-state index < -0.39 is 0 Å². The summed E-state index contributed by atoms with van der Waals surface area (Å²) in [6.45, 7) is 5.72. The van der Waals surface area contributed by atoms with Gasteiger partial charge in [-0.3, -0.25) is 0 Å². The van der Waals surface area contributed by atoms with E-state index in [9.17, 15) is 0 Å². The quantitative estimate of drug-likeness (QED) is 0.328. The van der Waals surface area contributed by atoms with Crippen LogP contribution >= 0.6 is 11.3 Å². The normalized spacial score (nSPS) is 11.1. The lowest BCUT2D eigenvalue weighted by molar-refractivity contribution is 0.420. The number of nitrogens with zero attached hydrogens (tertiary/aromatic N) is 4. The molecule has 0 radical (unpaired) electrons. The van der Waals surface area contributed by atoms with Gasteiger partial charge in [-0.2, -0.15) is 0 Å². The number of aryl methyl sites for hydroxylation is 2. The van der Waals surface area contributed by atoms with E-state index in [0.29, 0.717) is 0 Å². The lowest BCUT2D eigenvalue weighted by Gasteiger charge is -2.11. The molecule has 3 aromatic heterocycles. The van der Waals surface area contributed by atoms with Crippen molar-refractivity contribution in [3.05, 3.63) is 77.0 Å². The maximum Gasteiger partial charge on any atom is 0.130 e. The maximum atomic E-state index is 5.51. The predicted octanol–water partition coefficient (Wildman–Crippen LogP) is 5.96. The van der Waals surface area contributed by atoms with Crippen LogP contribution in [0.1, 0.15) is 10.7 Å². The number of nitrogens with one attached hydrogen (secondary N) is 1. The minimum atomic E-state index is 0.750. The zero-order chi connectivity index (χ0) is 22.8. The Morgan fingerprint density at radius 1 is 0.970 bits per heavy atom. The molecule has 5 aromatic rings. The molecule has 0 fully saturated rings. The highest BCUT2D eigenvalue weighted by Gasteiger charge is 2.10. The van der Waals surface area contributed by atoms with Crippen LogP contribution in [-0.4, -0.2) is 33.2 Å². The third-order valence-electron chi connectivity index (χ3n) is 5.74. The van der Waals surface area contributed by atoms with Crippen molar-refractivity contribution in [2.45, 2.75) is 20.4 Å². The van der Waals surface area contributed by atoms with Crippen LogP contribution in [-0.2, 0) is 6.54 Å². The van der Waals surface area contributed by atoms with E-state index in [0.717, 1.165) is 57.6 Å². The topological polar surface area (TPSA) is 64.9 Å². The van der Waals surface area contributed by atoms with Gasteiger partial charge in [-0.25, -0.2) is 15.0 Å². The Balaban J connectivity index is 1.29. The Morgan fingerprint density at radius 2 is 1.76 bits per heavy atom. The molecule has 6 nitrogen and oxygen atoms in total. The van der Waals surface area contributed by atoms with Gasteiger partial charge < -0.3 is 14.6 Å². The Kier molecular flexibility index (Phi) is 5.79. The minimum absolute atomic E-state index is 0.750. The molecule has 2 aromatic carbocycles. The van der Waals surface area contributed by atoms with Gasteiger partial charge in [0.1, 0.15) is 17.9 Å².